The van der Waals surface area contributed by atoms with Gasteiger partial charge in [-0.15, -0.1) is 0 Å². The Balaban J connectivity index is 2.08. The molecule has 0 aliphatic heterocycles. The van der Waals surface area contributed by atoms with Crippen LogP contribution in [0.4, 0.5) is 5.82 Å². The molecule has 4 heteroatoms. The van der Waals surface area contributed by atoms with Crippen LogP contribution in [-0.4, -0.2) is 24.1 Å². The van der Waals surface area contributed by atoms with Crippen LogP contribution < -0.4 is 10.2 Å². The number of anilines is 1. The van der Waals surface area contributed by atoms with Gasteiger partial charge < -0.3 is 10.2 Å². The van der Waals surface area contributed by atoms with Gasteiger partial charge >= 0.3 is 0 Å². The molecule has 1 fully saturated rings. The zero-order valence-electron chi connectivity index (χ0n) is 12.8. The Labute approximate surface area is 127 Å². The first kappa shape index (κ1) is 15.6. The van der Waals surface area contributed by atoms with Gasteiger partial charge in [-0.05, 0) is 25.0 Å². The van der Waals surface area contributed by atoms with Gasteiger partial charge in [0.1, 0.15) is 5.82 Å². The van der Waals surface area contributed by atoms with E-state index in [4.69, 9.17) is 16.6 Å². The first-order valence-corrected chi connectivity index (χ1v) is 8.07. The third-order valence-electron chi connectivity index (χ3n) is 4.07. The standard InChI is InChI=1S/C16H26ClN3/c1-12(2)18-11-15-14(17)9-10-16(19-15)20(3)13-7-5-4-6-8-13/h9-10,12-13,18H,4-8,11H2,1-3H3. The molecule has 1 saturated carbocycles. The Hall–Kier alpha value is -0.800. The molecule has 3 nitrogen and oxygen atoms in total. The summed E-state index contributed by atoms with van der Waals surface area (Å²) in [5.41, 5.74) is 0.945. The van der Waals surface area contributed by atoms with Gasteiger partial charge in [0.05, 0.1) is 10.7 Å². The largest absolute Gasteiger partial charge is 0.357 e. The first-order valence-electron chi connectivity index (χ1n) is 7.69. The molecule has 0 amide bonds. The van der Waals surface area contributed by atoms with Gasteiger partial charge in [-0.2, -0.15) is 0 Å². The minimum atomic E-state index is 0.438. The van der Waals surface area contributed by atoms with Crippen molar-refractivity contribution < 1.29 is 0 Å². The predicted octanol–water partition coefficient (Wildman–Crippen LogP) is 4.00. The van der Waals surface area contributed by atoms with Gasteiger partial charge in [-0.3, -0.25) is 0 Å². The van der Waals surface area contributed by atoms with Crippen LogP contribution in [0.25, 0.3) is 0 Å². The molecule has 0 saturated heterocycles. The van der Waals surface area contributed by atoms with Crippen molar-refractivity contribution in [2.45, 2.75) is 64.6 Å². The van der Waals surface area contributed by atoms with E-state index >= 15 is 0 Å². The molecule has 0 unspecified atom stereocenters. The summed E-state index contributed by atoms with van der Waals surface area (Å²) in [5, 5.41) is 4.13. The Kier molecular flexibility index (Phi) is 5.67. The number of nitrogens with zero attached hydrogens (tertiary/aromatic N) is 2. The summed E-state index contributed by atoms with van der Waals surface area (Å²) in [4.78, 5) is 7.08. The van der Waals surface area contributed by atoms with Crippen molar-refractivity contribution in [2.75, 3.05) is 11.9 Å². The molecule has 0 radical (unpaired) electrons. The molecule has 1 aliphatic carbocycles. The summed E-state index contributed by atoms with van der Waals surface area (Å²) in [5.74, 6) is 1.04. The van der Waals surface area contributed by atoms with Crippen LogP contribution in [-0.2, 0) is 6.54 Å². The van der Waals surface area contributed by atoms with Crippen molar-refractivity contribution in [3.63, 3.8) is 0 Å². The molecule has 0 bridgehead atoms. The number of hydrogen-bond acceptors (Lipinski definition) is 3. The highest BCUT2D eigenvalue weighted by Crippen LogP contribution is 2.26. The Morgan fingerprint density at radius 2 is 2.00 bits per heavy atom. The molecule has 1 N–H and O–H groups in total. The molecule has 2 rings (SSSR count). The third kappa shape index (κ3) is 4.10. The van der Waals surface area contributed by atoms with Crippen LogP contribution in [0.3, 0.4) is 0 Å². The van der Waals surface area contributed by atoms with Crippen molar-refractivity contribution in [3.05, 3.63) is 22.8 Å². The maximum Gasteiger partial charge on any atom is 0.128 e. The quantitative estimate of drug-likeness (QED) is 0.890. The molecule has 1 heterocycles. The number of aromatic nitrogens is 1. The summed E-state index contributed by atoms with van der Waals surface area (Å²) in [6.07, 6.45) is 6.61. The minimum Gasteiger partial charge on any atom is -0.357 e. The fourth-order valence-corrected chi connectivity index (χ4v) is 2.92. The molecule has 0 atom stereocenters. The predicted molar refractivity (Wildman–Crippen MR) is 86.5 cm³/mol. The van der Waals surface area contributed by atoms with E-state index in [-0.39, 0.29) is 0 Å². The lowest BCUT2D eigenvalue weighted by Gasteiger charge is -2.32. The van der Waals surface area contributed by atoms with Gasteiger partial charge in [0, 0.05) is 25.7 Å². The van der Waals surface area contributed by atoms with Crippen LogP contribution in [0.15, 0.2) is 12.1 Å². The topological polar surface area (TPSA) is 28.2 Å². The Morgan fingerprint density at radius 3 is 2.65 bits per heavy atom. The smallest absolute Gasteiger partial charge is 0.128 e. The fraction of sp³-hybridized carbons (Fsp3) is 0.688. The lowest BCUT2D eigenvalue weighted by atomic mass is 9.94. The van der Waals surface area contributed by atoms with Crippen molar-refractivity contribution in [1.29, 1.82) is 0 Å². The zero-order valence-corrected chi connectivity index (χ0v) is 13.6. The molecule has 20 heavy (non-hydrogen) atoms. The highest BCUT2D eigenvalue weighted by Gasteiger charge is 2.19. The minimum absolute atomic E-state index is 0.438. The molecule has 0 spiro atoms. The second-order valence-corrected chi connectivity index (χ2v) is 6.44. The van der Waals surface area contributed by atoms with Gasteiger partial charge in [0.25, 0.3) is 0 Å². The van der Waals surface area contributed by atoms with Gasteiger partial charge in [0.15, 0.2) is 0 Å². The summed E-state index contributed by atoms with van der Waals surface area (Å²) in [6.45, 7) is 4.99. The summed E-state index contributed by atoms with van der Waals surface area (Å²) in [6, 6.07) is 5.08. The van der Waals surface area contributed by atoms with Crippen LogP contribution in [0.1, 0.15) is 51.6 Å². The lowest BCUT2D eigenvalue weighted by Crippen LogP contribution is -2.34. The van der Waals surface area contributed by atoms with Gasteiger partial charge in [-0.25, -0.2) is 4.98 Å². The average Bonchev–Trinajstić information content (AvgIpc) is 2.46. The molecular weight excluding hydrogens is 270 g/mol. The van der Waals surface area contributed by atoms with E-state index in [2.05, 4.69) is 31.1 Å². The van der Waals surface area contributed by atoms with E-state index in [9.17, 15) is 0 Å². The number of halogens is 1. The fourth-order valence-electron chi connectivity index (χ4n) is 2.75. The van der Waals surface area contributed by atoms with E-state index in [1.165, 1.54) is 32.1 Å². The summed E-state index contributed by atoms with van der Waals surface area (Å²) < 4.78 is 0. The Bertz CT molecular complexity index is 428. The molecule has 1 aromatic rings. The second-order valence-electron chi connectivity index (χ2n) is 6.04. The van der Waals surface area contributed by atoms with Crippen molar-refractivity contribution in [1.82, 2.24) is 10.3 Å². The molecule has 112 valence electrons. The maximum absolute atomic E-state index is 6.25. The lowest BCUT2D eigenvalue weighted by molar-refractivity contribution is 0.425. The van der Waals surface area contributed by atoms with Crippen LogP contribution in [0.2, 0.25) is 5.02 Å². The third-order valence-corrected chi connectivity index (χ3v) is 4.41. The maximum atomic E-state index is 6.25. The van der Waals surface area contributed by atoms with Gasteiger partial charge in [0.2, 0.25) is 0 Å². The molecular formula is C16H26ClN3. The van der Waals surface area contributed by atoms with E-state index in [0.717, 1.165) is 23.1 Å². The van der Waals surface area contributed by atoms with Crippen LogP contribution >= 0.6 is 11.6 Å². The monoisotopic (exact) mass is 295 g/mol. The SMILES string of the molecule is CC(C)NCc1nc(N(C)C2CCCCC2)ccc1Cl. The number of hydrogen-bond donors (Lipinski definition) is 1. The van der Waals surface area contributed by atoms with E-state index in [1.807, 2.05) is 12.1 Å². The summed E-state index contributed by atoms with van der Waals surface area (Å²) in [7, 11) is 2.16. The van der Waals surface area contributed by atoms with Crippen molar-refractivity contribution in [2.24, 2.45) is 0 Å². The highest BCUT2D eigenvalue weighted by atomic mass is 35.5. The van der Waals surface area contributed by atoms with Crippen molar-refractivity contribution in [3.8, 4) is 0 Å². The molecule has 0 aromatic carbocycles. The highest BCUT2D eigenvalue weighted by molar-refractivity contribution is 6.31. The number of rotatable bonds is 5. The van der Waals surface area contributed by atoms with Gasteiger partial charge in [-0.1, -0.05) is 44.7 Å². The van der Waals surface area contributed by atoms with E-state index in [1.54, 1.807) is 0 Å². The second kappa shape index (κ2) is 7.28. The van der Waals surface area contributed by atoms with Crippen LogP contribution in [0.5, 0.6) is 0 Å². The number of nitrogens with one attached hydrogen (secondary N) is 1. The molecule has 1 aliphatic rings. The summed E-state index contributed by atoms with van der Waals surface area (Å²) >= 11 is 6.25. The van der Waals surface area contributed by atoms with E-state index in [0.29, 0.717) is 12.1 Å². The van der Waals surface area contributed by atoms with Crippen molar-refractivity contribution >= 4 is 17.4 Å². The zero-order chi connectivity index (χ0) is 14.5. The van der Waals surface area contributed by atoms with Crippen LogP contribution in [0, 0.1) is 0 Å². The number of pyridine rings is 1. The normalized spacial score (nSPS) is 16.6. The first-order chi connectivity index (χ1) is 9.58. The van der Waals surface area contributed by atoms with E-state index < -0.39 is 0 Å². The Morgan fingerprint density at radius 1 is 1.30 bits per heavy atom. The molecule has 1 aromatic heterocycles. The average molecular weight is 296 g/mol.